The summed E-state index contributed by atoms with van der Waals surface area (Å²) in [5.74, 6) is -0.496. The molecule has 0 spiro atoms. The Bertz CT molecular complexity index is 437. The fraction of sp³-hybridized carbons (Fsp3) is 0.231. The van der Waals surface area contributed by atoms with Crippen LogP contribution in [0.5, 0.6) is 0 Å². The molecule has 1 atom stereocenters. The highest BCUT2D eigenvalue weighted by Gasteiger charge is 2.15. The zero-order valence-corrected chi connectivity index (χ0v) is 8.77. The lowest BCUT2D eigenvalue weighted by Crippen LogP contribution is -2.09. The molecule has 0 aliphatic rings. The number of aliphatic hydroxyl groups excluding tert-OH is 1. The van der Waals surface area contributed by atoms with E-state index in [0.717, 1.165) is 5.56 Å². The van der Waals surface area contributed by atoms with Crippen LogP contribution in [0.2, 0.25) is 0 Å². The maximum Gasteiger partial charge on any atom is 0.126 e. The van der Waals surface area contributed by atoms with Crippen molar-refractivity contribution in [2.24, 2.45) is 0 Å². The van der Waals surface area contributed by atoms with Crippen LogP contribution in [0.4, 0.5) is 4.39 Å². The Morgan fingerprint density at radius 3 is 2.69 bits per heavy atom. The van der Waals surface area contributed by atoms with E-state index < -0.39 is 0 Å². The topological polar surface area (TPSA) is 33.4 Å². The van der Waals surface area contributed by atoms with E-state index in [9.17, 15) is 9.50 Å². The lowest BCUT2D eigenvalue weighted by atomic mass is 9.93. The van der Waals surface area contributed by atoms with Gasteiger partial charge in [0.25, 0.3) is 0 Å². The molecule has 1 aromatic carbocycles. The van der Waals surface area contributed by atoms with Gasteiger partial charge < -0.3 is 9.52 Å². The predicted octanol–water partition coefficient (Wildman–Crippen LogP) is 2.74. The van der Waals surface area contributed by atoms with Crippen LogP contribution < -0.4 is 0 Å². The van der Waals surface area contributed by atoms with E-state index in [-0.39, 0.29) is 18.3 Å². The zero-order chi connectivity index (χ0) is 11.4. The van der Waals surface area contributed by atoms with Crippen molar-refractivity contribution in [3.8, 4) is 0 Å². The molecule has 3 heteroatoms. The third-order valence-electron chi connectivity index (χ3n) is 2.63. The van der Waals surface area contributed by atoms with E-state index in [1.165, 1.54) is 6.07 Å². The molecule has 0 saturated heterocycles. The number of hydrogen-bond donors (Lipinski definition) is 1. The number of hydrogen-bond acceptors (Lipinski definition) is 2. The summed E-state index contributed by atoms with van der Waals surface area (Å²) in [4.78, 5) is 0. The highest BCUT2D eigenvalue weighted by molar-refractivity contribution is 5.24. The van der Waals surface area contributed by atoms with Crippen LogP contribution in [0, 0.1) is 5.82 Å². The van der Waals surface area contributed by atoms with Crippen molar-refractivity contribution in [1.29, 1.82) is 0 Å². The molecule has 1 aromatic heterocycles. The first-order chi connectivity index (χ1) is 7.81. The summed E-state index contributed by atoms with van der Waals surface area (Å²) >= 11 is 0. The molecule has 2 nitrogen and oxygen atoms in total. The second-order valence-electron chi connectivity index (χ2n) is 3.74. The van der Waals surface area contributed by atoms with Gasteiger partial charge in [-0.2, -0.15) is 0 Å². The maximum absolute atomic E-state index is 13.5. The van der Waals surface area contributed by atoms with Gasteiger partial charge in [0.1, 0.15) is 5.82 Å². The van der Waals surface area contributed by atoms with Crippen LogP contribution in [-0.4, -0.2) is 11.7 Å². The van der Waals surface area contributed by atoms with Crippen LogP contribution in [0.3, 0.4) is 0 Å². The molecule has 0 bridgehead atoms. The molecule has 0 radical (unpaired) electrons. The minimum Gasteiger partial charge on any atom is -0.472 e. The monoisotopic (exact) mass is 220 g/mol. The van der Waals surface area contributed by atoms with Gasteiger partial charge in [-0.25, -0.2) is 4.39 Å². The van der Waals surface area contributed by atoms with Crippen molar-refractivity contribution in [3.05, 3.63) is 59.8 Å². The van der Waals surface area contributed by atoms with Crippen molar-refractivity contribution in [3.63, 3.8) is 0 Å². The molecule has 0 aliphatic heterocycles. The van der Waals surface area contributed by atoms with Crippen LogP contribution in [0.25, 0.3) is 0 Å². The largest absolute Gasteiger partial charge is 0.472 e. The van der Waals surface area contributed by atoms with E-state index >= 15 is 0 Å². The Morgan fingerprint density at radius 2 is 2.06 bits per heavy atom. The minimum absolute atomic E-state index is 0.0773. The highest BCUT2D eigenvalue weighted by Crippen LogP contribution is 2.23. The van der Waals surface area contributed by atoms with Crippen molar-refractivity contribution >= 4 is 0 Å². The van der Waals surface area contributed by atoms with Crippen molar-refractivity contribution in [2.45, 2.75) is 12.3 Å². The molecular weight excluding hydrogens is 207 g/mol. The van der Waals surface area contributed by atoms with E-state index in [1.807, 2.05) is 6.07 Å². The molecule has 0 saturated carbocycles. The van der Waals surface area contributed by atoms with Crippen LogP contribution in [0.15, 0.2) is 47.3 Å². The molecule has 1 N–H and O–H groups in total. The summed E-state index contributed by atoms with van der Waals surface area (Å²) in [6.45, 7) is -0.0773. The normalized spacial score (nSPS) is 12.6. The van der Waals surface area contributed by atoms with Crippen molar-refractivity contribution in [2.75, 3.05) is 6.61 Å². The third kappa shape index (κ3) is 2.31. The maximum atomic E-state index is 13.5. The van der Waals surface area contributed by atoms with E-state index in [1.54, 1.807) is 30.7 Å². The van der Waals surface area contributed by atoms with Gasteiger partial charge in [-0.15, -0.1) is 0 Å². The molecule has 0 amide bonds. The SMILES string of the molecule is OCC(Cc1ccoc1)c1ccccc1F. The summed E-state index contributed by atoms with van der Waals surface area (Å²) in [5, 5.41) is 9.31. The number of halogens is 1. The fourth-order valence-corrected chi connectivity index (χ4v) is 1.77. The van der Waals surface area contributed by atoms with Crippen LogP contribution in [-0.2, 0) is 6.42 Å². The Hall–Kier alpha value is -1.61. The molecule has 84 valence electrons. The Morgan fingerprint density at radius 1 is 1.25 bits per heavy atom. The first-order valence-corrected chi connectivity index (χ1v) is 5.17. The molecule has 0 aliphatic carbocycles. The first-order valence-electron chi connectivity index (χ1n) is 5.17. The number of rotatable bonds is 4. The number of aliphatic hydroxyl groups is 1. The Labute approximate surface area is 93.3 Å². The average molecular weight is 220 g/mol. The Balaban J connectivity index is 2.20. The fourth-order valence-electron chi connectivity index (χ4n) is 1.77. The molecule has 2 rings (SSSR count). The van der Waals surface area contributed by atoms with E-state index in [4.69, 9.17) is 4.42 Å². The quantitative estimate of drug-likeness (QED) is 0.859. The van der Waals surface area contributed by atoms with Crippen LogP contribution >= 0.6 is 0 Å². The highest BCUT2D eigenvalue weighted by atomic mass is 19.1. The third-order valence-corrected chi connectivity index (χ3v) is 2.63. The van der Waals surface area contributed by atoms with Gasteiger partial charge in [-0.05, 0) is 29.7 Å². The predicted molar refractivity (Wildman–Crippen MR) is 58.6 cm³/mol. The molecule has 1 heterocycles. The molecule has 2 aromatic rings. The summed E-state index contributed by atoms with van der Waals surface area (Å²) in [6.07, 6.45) is 3.77. The minimum atomic E-state index is -0.273. The second-order valence-corrected chi connectivity index (χ2v) is 3.74. The summed E-state index contributed by atoms with van der Waals surface area (Å²) < 4.78 is 18.5. The molecule has 16 heavy (non-hydrogen) atoms. The summed E-state index contributed by atoms with van der Waals surface area (Å²) in [6, 6.07) is 8.36. The van der Waals surface area contributed by atoms with E-state index in [0.29, 0.717) is 12.0 Å². The average Bonchev–Trinajstić information content (AvgIpc) is 2.80. The van der Waals surface area contributed by atoms with E-state index in [2.05, 4.69) is 0 Å². The zero-order valence-electron chi connectivity index (χ0n) is 8.77. The van der Waals surface area contributed by atoms with Gasteiger partial charge >= 0.3 is 0 Å². The first kappa shape index (κ1) is 10.9. The lowest BCUT2D eigenvalue weighted by molar-refractivity contribution is 0.261. The molecule has 0 fully saturated rings. The second kappa shape index (κ2) is 4.94. The van der Waals surface area contributed by atoms with Gasteiger partial charge in [0.05, 0.1) is 19.1 Å². The number of furan rings is 1. The van der Waals surface area contributed by atoms with Gasteiger partial charge in [-0.3, -0.25) is 0 Å². The summed E-state index contributed by atoms with van der Waals surface area (Å²) in [5.41, 5.74) is 1.51. The Kier molecular flexibility index (Phi) is 3.37. The molecular formula is C13H13FO2. The number of benzene rings is 1. The van der Waals surface area contributed by atoms with Crippen LogP contribution in [0.1, 0.15) is 17.0 Å². The van der Waals surface area contributed by atoms with Gasteiger partial charge in [0.2, 0.25) is 0 Å². The van der Waals surface area contributed by atoms with Gasteiger partial charge in [0, 0.05) is 5.92 Å². The van der Waals surface area contributed by atoms with Crippen molar-refractivity contribution in [1.82, 2.24) is 0 Å². The standard InChI is InChI=1S/C13H13FO2/c14-13-4-2-1-3-12(13)11(8-15)7-10-5-6-16-9-10/h1-6,9,11,15H,7-8H2. The molecule has 1 unspecified atom stereocenters. The van der Waals surface area contributed by atoms with Gasteiger partial charge in [0.15, 0.2) is 0 Å². The lowest BCUT2D eigenvalue weighted by Gasteiger charge is -2.14. The van der Waals surface area contributed by atoms with Gasteiger partial charge in [-0.1, -0.05) is 18.2 Å². The van der Waals surface area contributed by atoms with Crippen molar-refractivity contribution < 1.29 is 13.9 Å². The summed E-state index contributed by atoms with van der Waals surface area (Å²) in [7, 11) is 0. The smallest absolute Gasteiger partial charge is 0.126 e.